The minimum absolute atomic E-state index is 0.00726. The lowest BCUT2D eigenvalue weighted by Gasteiger charge is -2.30. The summed E-state index contributed by atoms with van der Waals surface area (Å²) in [6.07, 6.45) is -10.1. The summed E-state index contributed by atoms with van der Waals surface area (Å²) in [7, 11) is 0. The zero-order chi connectivity index (χ0) is 81.8. The molecule has 3 aromatic rings. The van der Waals surface area contributed by atoms with Crippen LogP contribution in [0.15, 0.2) is 84.9 Å². The summed E-state index contributed by atoms with van der Waals surface area (Å²) < 4.78 is 0. The number of aromatic hydroxyl groups is 1. The number of Topliss-reactive ketones (excluding diaryl/α,β-unsaturated/α-hetero) is 4. The van der Waals surface area contributed by atoms with Gasteiger partial charge in [-0.15, -0.1) is 0 Å². The molecule has 0 radical (unpaired) electrons. The van der Waals surface area contributed by atoms with Gasteiger partial charge in [0.05, 0.1) is 72.5 Å². The minimum atomic E-state index is -2.15. The molecule has 3 rings (SSSR count). The van der Waals surface area contributed by atoms with Crippen LogP contribution in [0.5, 0.6) is 5.75 Å². The number of carbonyl (C=O) groups is 18. The van der Waals surface area contributed by atoms with Gasteiger partial charge in [0.2, 0.25) is 35.4 Å². The Labute approximate surface area is 633 Å². The van der Waals surface area contributed by atoms with E-state index in [9.17, 15) is 77.0 Å². The highest BCUT2D eigenvalue weighted by molar-refractivity contribution is 6.00. The largest absolute Gasteiger partial charge is 0.508 e. The van der Waals surface area contributed by atoms with Gasteiger partial charge in [0.15, 0.2) is 35.1 Å². The lowest BCUT2D eigenvalue weighted by atomic mass is 10.0. The molecular weight excluding hydrogens is 1440 g/mol. The molecule has 39 heteroatoms. The zero-order valence-electron chi connectivity index (χ0n) is 60.9. The van der Waals surface area contributed by atoms with Crippen LogP contribution in [0.2, 0.25) is 0 Å². The topological polar surface area (TPSA) is 648 Å². The van der Waals surface area contributed by atoms with Crippen molar-refractivity contribution < 1.29 is 91.4 Å². The summed E-state index contributed by atoms with van der Waals surface area (Å²) in [5, 5.41) is 61.0. The second-order valence-corrected chi connectivity index (χ2v) is 25.8. The van der Waals surface area contributed by atoms with E-state index >= 15 is 14.4 Å². The van der Waals surface area contributed by atoms with Gasteiger partial charge >= 0.3 is 0 Å². The monoisotopic (exact) mass is 1540 g/mol. The Morgan fingerprint density at radius 2 is 0.700 bits per heavy atom. The van der Waals surface area contributed by atoms with Crippen molar-refractivity contribution in [2.45, 2.75) is 195 Å². The number of nitrogens with two attached hydrogens (primary N) is 4. The summed E-state index contributed by atoms with van der Waals surface area (Å²) in [5.41, 5.74) is 23.4. The number of carbonyl (C=O) groups excluding carboxylic acids is 18. The van der Waals surface area contributed by atoms with E-state index < -0.39 is 194 Å². The van der Waals surface area contributed by atoms with Gasteiger partial charge < -0.3 is 98.3 Å². The molecule has 0 aromatic heterocycles. The molecule has 0 saturated carbocycles. The molecule has 0 aliphatic carbocycles. The van der Waals surface area contributed by atoms with Crippen LogP contribution in [0.1, 0.15) is 95.2 Å². The van der Waals surface area contributed by atoms with Gasteiger partial charge in [-0.3, -0.25) is 101 Å². The van der Waals surface area contributed by atoms with Gasteiger partial charge in [0, 0.05) is 52.1 Å². The van der Waals surface area contributed by atoms with E-state index in [4.69, 9.17) is 33.8 Å². The molecule has 3 aromatic carbocycles. The quantitative estimate of drug-likeness (QED) is 0.00821. The highest BCUT2D eigenvalue weighted by Gasteiger charge is 2.39. The summed E-state index contributed by atoms with van der Waals surface area (Å²) >= 11 is 0. The summed E-state index contributed by atoms with van der Waals surface area (Å²) in [5.74, 6) is -12.3. The van der Waals surface area contributed by atoms with Crippen LogP contribution in [0.3, 0.4) is 0 Å². The third-order valence-electron chi connectivity index (χ3n) is 16.5. The summed E-state index contributed by atoms with van der Waals surface area (Å²) in [4.78, 5) is 242. The third kappa shape index (κ3) is 36.0. The van der Waals surface area contributed by atoms with Crippen molar-refractivity contribution >= 4 is 121 Å². The first-order valence-corrected chi connectivity index (χ1v) is 35.0. The fraction of sp³-hybridized carbons (Fsp3) is 0.465. The molecule has 0 heterocycles. The van der Waals surface area contributed by atoms with Gasteiger partial charge in [0.25, 0.3) is 0 Å². The van der Waals surface area contributed by atoms with E-state index in [-0.39, 0.29) is 76.0 Å². The molecule has 16 atom stereocenters. The van der Waals surface area contributed by atoms with Crippen LogP contribution in [-0.2, 0) is 106 Å². The highest BCUT2D eigenvalue weighted by Crippen LogP contribution is 2.15. The SMILES string of the molecule is CC(=O)N[C@@H](N[C@H](C=O)Cc1ccccc1)C(=O)C[C@@H](N[C@H](C=O)CC(N)=O)C(=O)N[C@@H](N[C@@H](C)C=O)C(=O)C[C@@H](N[C@H](C=O)Cc1ccccc1)C(=O)N[C@@H](N[C@H](C=O)Cc1ccc(O)cc1)C(=O)C[C@@H](N[C@@H](C)C=O)C(=O)N[C@@H](N[C@H](C=O)CCCNC(=N)N)C(=O)C[C@@H](N[C@H](C=O)CCCNC(=N)N)C(N)=O. The average Bonchev–Trinajstić information content (AvgIpc) is 0.845. The standard InChI is InChI=1S/C71H100N20O19/c1-40(32-92)80-54(67(108)90-65(86-47(35-95)17-11-23-79-71(76)77)57(102)28-53(62(73)107)83-46(34-94)16-10-22-78-70(74)75)29-60(105)66(88-50(38-98)26-45-18-20-52(101)21-19-45)91-69(110)55(84-48(36-96)24-43-12-6-4-7-13-43)30-58(103)63(81-41(2)33-93)89-68(109)56(85-51(39-99)27-61(72)106)31-59(104)64(82-42(3)100)87-49(37-97)25-44-14-8-5-9-15-44/h4-9,12-15,18-21,32-41,46-51,53-56,63-66,80-81,83-88,101H,10-11,16-17,22-31H2,1-3H3,(H2,72,106)(H2,73,107)(H,82,100)(H,89,109)(H,90,108)(H,91,110)(H4,74,75,78)(H4,76,77,79)/t40-,41-,46-,47-,48-,49-,50-,51-,53+,54+,55+,56+,63+,64-,65+,66+/m0/s1. The van der Waals surface area contributed by atoms with Gasteiger partial charge in [-0.1, -0.05) is 72.8 Å². The fourth-order valence-electron chi connectivity index (χ4n) is 11.0. The number of benzene rings is 3. The zero-order valence-corrected chi connectivity index (χ0v) is 60.9. The number of guanidine groups is 2. The van der Waals surface area contributed by atoms with Crippen molar-refractivity contribution in [2.75, 3.05) is 13.1 Å². The van der Waals surface area contributed by atoms with E-state index in [1.165, 1.54) is 38.1 Å². The number of nitrogens with one attached hydrogen (secondary N) is 16. The molecule has 0 aliphatic rings. The van der Waals surface area contributed by atoms with E-state index in [2.05, 4.69) is 74.4 Å². The molecule has 0 fully saturated rings. The maximum atomic E-state index is 15.3. The molecule has 0 aliphatic heterocycles. The second kappa shape index (κ2) is 50.2. The predicted octanol–water partition coefficient (Wildman–Crippen LogP) is -7.30. The molecule has 0 spiro atoms. The molecule has 0 bridgehead atoms. The number of amides is 6. The van der Waals surface area contributed by atoms with Crippen LogP contribution in [-0.4, -0.2) is 236 Å². The number of ketones is 4. The van der Waals surface area contributed by atoms with E-state index in [0.29, 0.717) is 60.7 Å². The molecule has 110 heavy (non-hydrogen) atoms. The number of phenols is 1. The van der Waals surface area contributed by atoms with Crippen LogP contribution in [0.4, 0.5) is 0 Å². The first-order chi connectivity index (χ1) is 52.4. The first kappa shape index (κ1) is 92.7. The Morgan fingerprint density at radius 3 is 1.06 bits per heavy atom. The average molecular weight is 1540 g/mol. The van der Waals surface area contributed by atoms with Crippen molar-refractivity contribution in [2.24, 2.45) is 22.9 Å². The number of aldehydes is 8. The number of primary amides is 2. The highest BCUT2D eigenvalue weighted by atomic mass is 16.3. The number of hydrogen-bond acceptors (Lipinski definition) is 29. The Kier molecular flexibility index (Phi) is 42.3. The number of hydrogen-bond donors (Lipinski definition) is 21. The number of phenolic OH excluding ortho intramolecular Hbond substituents is 1. The van der Waals surface area contributed by atoms with Crippen LogP contribution >= 0.6 is 0 Å². The normalized spacial score (nSPS) is 15.4. The molecule has 0 saturated heterocycles. The second-order valence-electron chi connectivity index (χ2n) is 25.8. The van der Waals surface area contributed by atoms with E-state index in [1.54, 1.807) is 60.7 Å². The van der Waals surface area contributed by atoms with Crippen molar-refractivity contribution in [1.82, 2.24) is 74.4 Å². The van der Waals surface area contributed by atoms with Crippen molar-refractivity contribution in [1.29, 1.82) is 10.8 Å². The molecule has 598 valence electrons. The summed E-state index contributed by atoms with van der Waals surface area (Å²) in [6.45, 7) is 3.73. The van der Waals surface area contributed by atoms with E-state index in [0.717, 1.165) is 6.92 Å². The lowest BCUT2D eigenvalue weighted by molar-refractivity contribution is -0.135. The molecular formula is C71H100N20O19. The maximum absolute atomic E-state index is 15.3. The van der Waals surface area contributed by atoms with Gasteiger partial charge in [-0.05, 0) is 87.6 Å². The van der Waals surface area contributed by atoms with Crippen LogP contribution in [0, 0.1) is 10.8 Å². The molecule has 0 unspecified atom stereocenters. The molecule has 25 N–H and O–H groups in total. The Morgan fingerprint density at radius 1 is 0.382 bits per heavy atom. The minimum Gasteiger partial charge on any atom is -0.508 e. The summed E-state index contributed by atoms with van der Waals surface area (Å²) in [6, 6.07) is 3.89. The van der Waals surface area contributed by atoms with E-state index in [1.807, 2.05) is 0 Å². The van der Waals surface area contributed by atoms with Gasteiger partial charge in [-0.2, -0.15) is 0 Å². The van der Waals surface area contributed by atoms with Crippen molar-refractivity contribution in [3.8, 4) is 5.75 Å². The Balaban J connectivity index is 2.26. The molecule has 6 amide bonds. The van der Waals surface area contributed by atoms with Crippen molar-refractivity contribution in [3.05, 3.63) is 102 Å². The van der Waals surface area contributed by atoms with Gasteiger partial charge in [-0.25, -0.2) is 0 Å². The van der Waals surface area contributed by atoms with Crippen molar-refractivity contribution in [3.63, 3.8) is 0 Å². The first-order valence-electron chi connectivity index (χ1n) is 35.0. The third-order valence-corrected chi connectivity index (χ3v) is 16.5. The lowest BCUT2D eigenvalue weighted by Crippen LogP contribution is -2.63. The number of rotatable bonds is 60. The van der Waals surface area contributed by atoms with Crippen LogP contribution in [0.25, 0.3) is 0 Å². The Bertz CT molecular complexity index is 3620. The fourth-order valence-corrected chi connectivity index (χ4v) is 11.0. The maximum Gasteiger partial charge on any atom is 0.239 e. The predicted molar refractivity (Wildman–Crippen MR) is 396 cm³/mol. The molecule has 39 nitrogen and oxygen atoms in total. The Hall–Kier alpha value is -11.5. The van der Waals surface area contributed by atoms with Crippen LogP contribution < -0.4 is 97.4 Å². The van der Waals surface area contributed by atoms with Gasteiger partial charge in [0.1, 0.15) is 80.7 Å². The smallest absolute Gasteiger partial charge is 0.239 e.